The fraction of sp³-hybridized carbons (Fsp3) is 0.750. The van der Waals surface area contributed by atoms with Crippen molar-refractivity contribution < 1.29 is 0 Å². The molecule has 2 heterocycles. The van der Waals surface area contributed by atoms with Crippen molar-refractivity contribution in [2.45, 2.75) is 24.0 Å². The smallest absolute Gasteiger partial charge is 0.185 e. The first-order chi connectivity index (χ1) is 6.36. The average Bonchev–Trinajstić information content (AvgIpc) is 2.72. The van der Waals surface area contributed by atoms with Gasteiger partial charge in [-0.1, -0.05) is 11.8 Å². The monoisotopic (exact) mass is 198 g/mol. The molecule has 0 radical (unpaired) electrons. The Labute approximate surface area is 82.1 Å². The molecule has 0 bridgehead atoms. The van der Waals surface area contributed by atoms with Crippen LogP contribution in [-0.2, 0) is 7.05 Å². The summed E-state index contributed by atoms with van der Waals surface area (Å²) in [5.74, 6) is 1.10. The van der Waals surface area contributed by atoms with E-state index in [1.165, 1.54) is 19.4 Å². The molecule has 1 aromatic rings. The lowest BCUT2D eigenvalue weighted by Gasteiger charge is -2.07. The summed E-state index contributed by atoms with van der Waals surface area (Å²) in [7, 11) is 1.93. The molecule has 1 atom stereocenters. The lowest BCUT2D eigenvalue weighted by molar-refractivity contribution is 0.662. The van der Waals surface area contributed by atoms with Crippen molar-refractivity contribution in [2.75, 3.05) is 12.3 Å². The number of aryl methyl sites for hydroxylation is 1. The zero-order valence-electron chi connectivity index (χ0n) is 7.73. The molecular weight excluding hydrogens is 184 g/mol. The van der Waals surface area contributed by atoms with Gasteiger partial charge >= 0.3 is 0 Å². The van der Waals surface area contributed by atoms with Gasteiger partial charge in [0.2, 0.25) is 0 Å². The molecule has 0 spiro atoms. The van der Waals surface area contributed by atoms with Gasteiger partial charge in [0, 0.05) is 18.8 Å². The molecule has 0 saturated carbocycles. The van der Waals surface area contributed by atoms with Gasteiger partial charge < -0.3 is 5.32 Å². The van der Waals surface area contributed by atoms with Gasteiger partial charge in [0.1, 0.15) is 6.33 Å². The van der Waals surface area contributed by atoms with Gasteiger partial charge in [-0.15, -0.1) is 0 Å². The number of nitrogens with zero attached hydrogens (tertiary/aromatic N) is 3. The fourth-order valence-corrected chi connectivity index (χ4v) is 2.48. The Balaban J connectivity index is 1.82. The summed E-state index contributed by atoms with van der Waals surface area (Å²) >= 11 is 1.78. The summed E-state index contributed by atoms with van der Waals surface area (Å²) in [4.78, 5) is 4.16. The first-order valence-electron chi connectivity index (χ1n) is 4.56. The molecule has 1 unspecified atom stereocenters. The van der Waals surface area contributed by atoms with Crippen LogP contribution in [0.2, 0.25) is 0 Å². The zero-order valence-corrected chi connectivity index (χ0v) is 8.55. The Hall–Kier alpha value is -0.550. The fourth-order valence-electron chi connectivity index (χ4n) is 1.49. The van der Waals surface area contributed by atoms with Crippen LogP contribution in [-0.4, -0.2) is 33.1 Å². The Bertz CT molecular complexity index is 267. The second-order valence-electron chi connectivity index (χ2n) is 3.27. The minimum atomic E-state index is 0.668. The van der Waals surface area contributed by atoms with E-state index in [0.717, 1.165) is 10.9 Å². The van der Waals surface area contributed by atoms with Crippen molar-refractivity contribution in [3.8, 4) is 0 Å². The number of hydrogen-bond acceptors (Lipinski definition) is 4. The molecular formula is C8H14N4S. The second kappa shape index (κ2) is 4.11. The minimum absolute atomic E-state index is 0.668. The predicted octanol–water partition coefficient (Wildman–Crippen LogP) is 0.659. The molecule has 13 heavy (non-hydrogen) atoms. The zero-order chi connectivity index (χ0) is 9.10. The molecule has 5 heteroatoms. The standard InChI is InChI=1S/C8H14N4S/c1-12-8(10-6-11-12)13-5-7-3-2-4-9-7/h6-7,9H,2-5H2,1H3. The Morgan fingerprint density at radius 3 is 3.31 bits per heavy atom. The number of nitrogens with one attached hydrogen (secondary N) is 1. The quantitative estimate of drug-likeness (QED) is 0.725. The number of rotatable bonds is 3. The Kier molecular flexibility index (Phi) is 2.85. The van der Waals surface area contributed by atoms with Crippen molar-refractivity contribution in [2.24, 2.45) is 7.05 Å². The molecule has 0 aromatic carbocycles. The molecule has 1 aliphatic heterocycles. The highest BCUT2D eigenvalue weighted by Crippen LogP contribution is 2.17. The first kappa shape index (κ1) is 9.02. The van der Waals surface area contributed by atoms with Crippen molar-refractivity contribution in [1.29, 1.82) is 0 Å². The van der Waals surface area contributed by atoms with Crippen molar-refractivity contribution in [3.05, 3.63) is 6.33 Å². The van der Waals surface area contributed by atoms with E-state index in [1.807, 2.05) is 11.7 Å². The summed E-state index contributed by atoms with van der Waals surface area (Å²) in [5.41, 5.74) is 0. The molecule has 2 rings (SSSR count). The van der Waals surface area contributed by atoms with Gasteiger partial charge in [-0.05, 0) is 19.4 Å². The Morgan fingerprint density at radius 1 is 1.77 bits per heavy atom. The Morgan fingerprint density at radius 2 is 2.69 bits per heavy atom. The summed E-state index contributed by atoms with van der Waals surface area (Å²) in [5, 5.41) is 8.49. The average molecular weight is 198 g/mol. The van der Waals surface area contributed by atoms with Crippen molar-refractivity contribution in [1.82, 2.24) is 20.1 Å². The largest absolute Gasteiger partial charge is 0.313 e. The minimum Gasteiger partial charge on any atom is -0.313 e. The molecule has 1 aromatic heterocycles. The normalized spacial score (nSPS) is 22.4. The first-order valence-corrected chi connectivity index (χ1v) is 5.55. The van der Waals surface area contributed by atoms with E-state index in [0.29, 0.717) is 6.04 Å². The molecule has 1 saturated heterocycles. The number of thioether (sulfide) groups is 1. The van der Waals surface area contributed by atoms with Crippen molar-refractivity contribution >= 4 is 11.8 Å². The van der Waals surface area contributed by atoms with Gasteiger partial charge in [0.05, 0.1) is 0 Å². The SMILES string of the molecule is Cn1ncnc1SCC1CCCN1. The maximum Gasteiger partial charge on any atom is 0.185 e. The molecule has 1 N–H and O–H groups in total. The van der Waals surface area contributed by atoms with Crippen LogP contribution in [0.15, 0.2) is 11.5 Å². The molecule has 4 nitrogen and oxygen atoms in total. The third kappa shape index (κ3) is 2.22. The van der Waals surface area contributed by atoms with E-state index in [-0.39, 0.29) is 0 Å². The van der Waals surface area contributed by atoms with Crippen LogP contribution in [0.4, 0.5) is 0 Å². The highest BCUT2D eigenvalue weighted by molar-refractivity contribution is 7.99. The van der Waals surface area contributed by atoms with Crippen LogP contribution in [0.25, 0.3) is 0 Å². The van der Waals surface area contributed by atoms with Gasteiger partial charge in [0.25, 0.3) is 0 Å². The van der Waals surface area contributed by atoms with Crippen LogP contribution in [0.1, 0.15) is 12.8 Å². The molecule has 1 aliphatic rings. The lowest BCUT2D eigenvalue weighted by atomic mass is 10.3. The van der Waals surface area contributed by atoms with E-state index >= 15 is 0 Å². The van der Waals surface area contributed by atoms with E-state index in [4.69, 9.17) is 0 Å². The van der Waals surface area contributed by atoms with Crippen LogP contribution < -0.4 is 5.32 Å². The van der Waals surface area contributed by atoms with E-state index in [9.17, 15) is 0 Å². The van der Waals surface area contributed by atoms with Gasteiger partial charge in [-0.25, -0.2) is 9.67 Å². The highest BCUT2D eigenvalue weighted by atomic mass is 32.2. The molecule has 0 aliphatic carbocycles. The number of aromatic nitrogens is 3. The summed E-state index contributed by atoms with van der Waals surface area (Å²) in [6.07, 6.45) is 4.21. The molecule has 72 valence electrons. The summed E-state index contributed by atoms with van der Waals surface area (Å²) < 4.78 is 1.82. The second-order valence-corrected chi connectivity index (χ2v) is 4.26. The van der Waals surface area contributed by atoms with Gasteiger partial charge in [-0.2, -0.15) is 5.10 Å². The van der Waals surface area contributed by atoms with E-state index in [2.05, 4.69) is 15.4 Å². The third-order valence-electron chi connectivity index (χ3n) is 2.25. The number of hydrogen-bond donors (Lipinski definition) is 1. The van der Waals surface area contributed by atoms with Crippen LogP contribution in [0.3, 0.4) is 0 Å². The van der Waals surface area contributed by atoms with E-state index < -0.39 is 0 Å². The van der Waals surface area contributed by atoms with E-state index in [1.54, 1.807) is 18.1 Å². The third-order valence-corrected chi connectivity index (χ3v) is 3.44. The topological polar surface area (TPSA) is 42.7 Å². The van der Waals surface area contributed by atoms with Gasteiger partial charge in [0.15, 0.2) is 5.16 Å². The molecule has 1 fully saturated rings. The lowest BCUT2D eigenvalue weighted by Crippen LogP contribution is -2.23. The molecule has 0 amide bonds. The predicted molar refractivity (Wildman–Crippen MR) is 52.8 cm³/mol. The summed E-state index contributed by atoms with van der Waals surface area (Å²) in [6.45, 7) is 1.17. The van der Waals surface area contributed by atoms with Crippen molar-refractivity contribution in [3.63, 3.8) is 0 Å². The highest BCUT2D eigenvalue weighted by Gasteiger charge is 2.14. The van der Waals surface area contributed by atoms with Crippen LogP contribution in [0.5, 0.6) is 0 Å². The van der Waals surface area contributed by atoms with Crippen LogP contribution in [0, 0.1) is 0 Å². The maximum absolute atomic E-state index is 4.16. The summed E-state index contributed by atoms with van der Waals surface area (Å²) in [6, 6.07) is 0.668. The van der Waals surface area contributed by atoms with Crippen LogP contribution >= 0.6 is 11.8 Å². The van der Waals surface area contributed by atoms with Gasteiger partial charge in [-0.3, -0.25) is 0 Å². The maximum atomic E-state index is 4.16.